The van der Waals surface area contributed by atoms with Crippen LogP contribution >= 0.6 is 0 Å². The fraction of sp³-hybridized carbons (Fsp3) is 0.211. The van der Waals surface area contributed by atoms with Gasteiger partial charge in [-0.15, -0.1) is 0 Å². The van der Waals surface area contributed by atoms with Crippen LogP contribution < -0.4 is 10.6 Å². The van der Waals surface area contributed by atoms with E-state index in [2.05, 4.69) is 20.1 Å². The smallest absolute Gasteiger partial charge is 0.212 e. The third-order valence-corrected chi connectivity index (χ3v) is 6.53. The first-order valence-electron chi connectivity index (χ1n) is 9.06. The molecule has 0 atom stereocenters. The minimum atomic E-state index is -3.84. The van der Waals surface area contributed by atoms with Crippen molar-refractivity contribution in [3.05, 3.63) is 54.6 Å². The zero-order chi connectivity index (χ0) is 20.6. The van der Waals surface area contributed by atoms with Gasteiger partial charge in [-0.05, 0) is 19.1 Å². The molecule has 4 aromatic rings. The highest BCUT2D eigenvalue weighted by Crippen LogP contribution is 2.35. The number of nitrogen functional groups attached to an aromatic ring is 1. The Labute approximate surface area is 168 Å². The number of fused-ring (bicyclic) bond motifs is 1. The van der Waals surface area contributed by atoms with Crippen molar-refractivity contribution in [2.75, 3.05) is 17.2 Å². The molecule has 1 aromatic carbocycles. The average Bonchev–Trinajstić information content (AvgIpc) is 3.28. The van der Waals surface area contributed by atoms with Gasteiger partial charge in [0, 0.05) is 31.9 Å². The standard InChI is InChI=1S/C19H21N7O2S/c1-3-26(11-13-9-23-25(2)10-13)19-16-15(21-12-22-19)17(18(20)24-16)29(27,28)14-7-5-4-6-8-14/h4-10,12,24H,3,11,20H2,1-2H3. The molecule has 4 rings (SSSR count). The molecule has 0 spiro atoms. The van der Waals surface area contributed by atoms with E-state index < -0.39 is 9.84 Å². The number of nitrogens with two attached hydrogens (primary N) is 1. The summed E-state index contributed by atoms with van der Waals surface area (Å²) in [7, 11) is -1.98. The highest BCUT2D eigenvalue weighted by Gasteiger charge is 2.28. The van der Waals surface area contributed by atoms with E-state index in [-0.39, 0.29) is 21.1 Å². The molecule has 3 heterocycles. The van der Waals surface area contributed by atoms with Crippen molar-refractivity contribution in [2.45, 2.75) is 23.3 Å². The predicted octanol–water partition coefficient (Wildman–Crippen LogP) is 2.13. The molecule has 3 N–H and O–H groups in total. The summed E-state index contributed by atoms with van der Waals surface area (Å²) in [5.41, 5.74) is 7.89. The highest BCUT2D eigenvalue weighted by atomic mass is 32.2. The number of aromatic nitrogens is 5. The Kier molecular flexibility index (Phi) is 4.71. The first-order chi connectivity index (χ1) is 13.9. The number of sulfone groups is 1. The first kappa shape index (κ1) is 18.9. The Morgan fingerprint density at radius 3 is 2.62 bits per heavy atom. The second-order valence-electron chi connectivity index (χ2n) is 6.64. The summed E-state index contributed by atoms with van der Waals surface area (Å²) in [4.78, 5) is 13.8. The van der Waals surface area contributed by atoms with Gasteiger partial charge in [-0.2, -0.15) is 5.10 Å². The van der Waals surface area contributed by atoms with Gasteiger partial charge in [-0.1, -0.05) is 18.2 Å². The van der Waals surface area contributed by atoms with Gasteiger partial charge < -0.3 is 15.6 Å². The van der Waals surface area contributed by atoms with Gasteiger partial charge in [0.15, 0.2) is 5.82 Å². The van der Waals surface area contributed by atoms with Crippen molar-refractivity contribution in [1.82, 2.24) is 24.7 Å². The number of nitrogens with one attached hydrogen (secondary N) is 1. The second kappa shape index (κ2) is 7.21. The van der Waals surface area contributed by atoms with E-state index >= 15 is 0 Å². The fourth-order valence-electron chi connectivity index (χ4n) is 3.32. The number of H-pyrrole nitrogens is 1. The molecular formula is C19H21N7O2S. The Morgan fingerprint density at radius 2 is 1.97 bits per heavy atom. The summed E-state index contributed by atoms with van der Waals surface area (Å²) < 4.78 is 28.1. The molecule has 3 aromatic heterocycles. The van der Waals surface area contributed by atoms with Crippen LogP contribution in [0.1, 0.15) is 12.5 Å². The topological polar surface area (TPSA) is 123 Å². The number of anilines is 2. The van der Waals surface area contributed by atoms with E-state index in [1.807, 2.05) is 25.1 Å². The molecule has 29 heavy (non-hydrogen) atoms. The lowest BCUT2D eigenvalue weighted by molar-refractivity contribution is 0.597. The van der Waals surface area contributed by atoms with E-state index in [0.29, 0.717) is 24.4 Å². The summed E-state index contributed by atoms with van der Waals surface area (Å²) in [6, 6.07) is 8.18. The van der Waals surface area contributed by atoms with Gasteiger partial charge >= 0.3 is 0 Å². The van der Waals surface area contributed by atoms with Gasteiger partial charge in [0.25, 0.3) is 0 Å². The number of benzene rings is 1. The Balaban J connectivity index is 1.84. The zero-order valence-electron chi connectivity index (χ0n) is 16.1. The fourth-order valence-corrected chi connectivity index (χ4v) is 4.82. The zero-order valence-corrected chi connectivity index (χ0v) is 16.9. The van der Waals surface area contributed by atoms with Gasteiger partial charge in [0.2, 0.25) is 9.84 Å². The average molecular weight is 411 g/mol. The van der Waals surface area contributed by atoms with E-state index in [9.17, 15) is 8.42 Å². The molecule has 150 valence electrons. The largest absolute Gasteiger partial charge is 0.384 e. The van der Waals surface area contributed by atoms with Crippen LogP contribution in [0.2, 0.25) is 0 Å². The number of rotatable bonds is 6. The van der Waals surface area contributed by atoms with E-state index in [1.54, 1.807) is 29.1 Å². The first-order valence-corrected chi connectivity index (χ1v) is 10.5. The molecule has 0 bridgehead atoms. The highest BCUT2D eigenvalue weighted by molar-refractivity contribution is 7.92. The van der Waals surface area contributed by atoms with Crippen molar-refractivity contribution in [2.24, 2.45) is 7.05 Å². The third kappa shape index (κ3) is 3.31. The maximum absolute atomic E-state index is 13.2. The van der Waals surface area contributed by atoms with Crippen molar-refractivity contribution in [3.63, 3.8) is 0 Å². The van der Waals surface area contributed by atoms with E-state index in [1.165, 1.54) is 18.5 Å². The molecule has 0 saturated heterocycles. The van der Waals surface area contributed by atoms with Crippen LogP contribution in [0, 0.1) is 0 Å². The lowest BCUT2D eigenvalue weighted by Gasteiger charge is -2.21. The monoisotopic (exact) mass is 411 g/mol. The van der Waals surface area contributed by atoms with Crippen LogP contribution in [0.3, 0.4) is 0 Å². The lowest BCUT2D eigenvalue weighted by atomic mass is 10.3. The Bertz CT molecular complexity index is 1260. The maximum atomic E-state index is 13.2. The number of hydrogen-bond donors (Lipinski definition) is 2. The Morgan fingerprint density at radius 1 is 1.21 bits per heavy atom. The molecule has 9 nitrogen and oxygen atoms in total. The lowest BCUT2D eigenvalue weighted by Crippen LogP contribution is -2.23. The molecule has 10 heteroatoms. The maximum Gasteiger partial charge on any atom is 0.212 e. The van der Waals surface area contributed by atoms with Gasteiger partial charge in [-0.3, -0.25) is 4.68 Å². The predicted molar refractivity (Wildman–Crippen MR) is 110 cm³/mol. The summed E-state index contributed by atoms with van der Waals surface area (Å²) in [5, 5.41) is 4.19. The second-order valence-corrected chi connectivity index (χ2v) is 8.53. The minimum Gasteiger partial charge on any atom is -0.384 e. The van der Waals surface area contributed by atoms with Crippen molar-refractivity contribution < 1.29 is 8.42 Å². The SMILES string of the molecule is CCN(Cc1cnn(C)c1)c1ncnc2c(S(=O)(=O)c3ccccc3)c(N)[nH]c12. The third-order valence-electron chi connectivity index (χ3n) is 4.68. The molecule has 0 aliphatic rings. The summed E-state index contributed by atoms with van der Waals surface area (Å²) in [6.07, 6.45) is 5.08. The molecule has 0 radical (unpaired) electrons. The van der Waals surface area contributed by atoms with E-state index in [4.69, 9.17) is 5.73 Å². The van der Waals surface area contributed by atoms with Crippen molar-refractivity contribution >= 4 is 32.5 Å². The molecule has 0 unspecified atom stereocenters. The minimum absolute atomic E-state index is 0.0280. The molecular weight excluding hydrogens is 390 g/mol. The molecule has 0 amide bonds. The van der Waals surface area contributed by atoms with Crippen LogP contribution in [-0.4, -0.2) is 39.7 Å². The number of aryl methyl sites for hydroxylation is 1. The number of aromatic amines is 1. The van der Waals surface area contributed by atoms with Gasteiger partial charge in [-0.25, -0.2) is 18.4 Å². The summed E-state index contributed by atoms with van der Waals surface area (Å²) >= 11 is 0. The van der Waals surface area contributed by atoms with Crippen molar-refractivity contribution in [1.29, 1.82) is 0 Å². The quantitative estimate of drug-likeness (QED) is 0.498. The van der Waals surface area contributed by atoms with E-state index in [0.717, 1.165) is 5.56 Å². The van der Waals surface area contributed by atoms with Gasteiger partial charge in [0.05, 0.1) is 11.1 Å². The molecule has 0 aliphatic heterocycles. The van der Waals surface area contributed by atoms with Crippen LogP contribution in [-0.2, 0) is 23.4 Å². The molecule has 0 fully saturated rings. The van der Waals surface area contributed by atoms with Gasteiger partial charge in [0.1, 0.15) is 28.1 Å². The normalized spacial score (nSPS) is 11.8. The number of hydrogen-bond acceptors (Lipinski definition) is 7. The summed E-state index contributed by atoms with van der Waals surface area (Å²) in [6.45, 7) is 3.22. The number of nitrogens with zero attached hydrogens (tertiary/aromatic N) is 5. The van der Waals surface area contributed by atoms with Crippen LogP contribution in [0.4, 0.5) is 11.6 Å². The molecule has 0 aliphatic carbocycles. The molecule has 0 saturated carbocycles. The van der Waals surface area contributed by atoms with Crippen LogP contribution in [0.5, 0.6) is 0 Å². The Hall–Kier alpha value is -3.40. The van der Waals surface area contributed by atoms with Crippen LogP contribution in [0.25, 0.3) is 11.0 Å². The summed E-state index contributed by atoms with van der Waals surface area (Å²) in [5.74, 6) is 0.630. The van der Waals surface area contributed by atoms with Crippen LogP contribution in [0.15, 0.2) is 58.8 Å². The van der Waals surface area contributed by atoms with Crippen molar-refractivity contribution in [3.8, 4) is 0 Å².